The van der Waals surface area contributed by atoms with Gasteiger partial charge in [-0.2, -0.15) is 0 Å². The van der Waals surface area contributed by atoms with Gasteiger partial charge in [0.05, 0.1) is 6.54 Å². The van der Waals surface area contributed by atoms with Crippen LogP contribution in [0.4, 0.5) is 11.6 Å². The molecule has 1 amide bonds. The topological polar surface area (TPSA) is 89.3 Å². The van der Waals surface area contributed by atoms with Crippen molar-refractivity contribution in [2.75, 3.05) is 17.2 Å². The number of hydrogen-bond donors (Lipinski definition) is 2. The standard InChI is InChI=1S/C19H18N4O3/c1-13(2)17-11-19(26-23-17)22-18(24)12-21-14-3-5-15(6-4-14)25-16-7-9-20-10-8-16/h3-11,21H,1,12H2,2H3,(H,22,24). The molecule has 2 aromatic heterocycles. The Bertz CT molecular complexity index is 889. The Balaban J connectivity index is 1.49. The van der Waals surface area contributed by atoms with Crippen molar-refractivity contribution in [1.82, 2.24) is 10.1 Å². The number of allylic oxidation sites excluding steroid dienone is 1. The first-order valence-corrected chi connectivity index (χ1v) is 7.94. The van der Waals surface area contributed by atoms with Crippen molar-refractivity contribution in [3.8, 4) is 11.5 Å². The zero-order valence-corrected chi connectivity index (χ0v) is 14.2. The van der Waals surface area contributed by atoms with Crippen LogP contribution in [-0.4, -0.2) is 22.6 Å². The van der Waals surface area contributed by atoms with Crippen molar-refractivity contribution in [1.29, 1.82) is 0 Å². The molecule has 3 rings (SSSR count). The van der Waals surface area contributed by atoms with Crippen molar-refractivity contribution >= 4 is 23.1 Å². The summed E-state index contributed by atoms with van der Waals surface area (Å²) in [5, 5.41) is 9.46. The van der Waals surface area contributed by atoms with Gasteiger partial charge < -0.3 is 14.6 Å². The third-order valence-electron chi connectivity index (χ3n) is 3.40. The average Bonchev–Trinajstić information content (AvgIpc) is 3.11. The molecule has 0 fully saturated rings. The van der Waals surface area contributed by atoms with Crippen LogP contribution >= 0.6 is 0 Å². The third-order valence-corrected chi connectivity index (χ3v) is 3.40. The van der Waals surface area contributed by atoms with Gasteiger partial charge in [0, 0.05) is 24.1 Å². The van der Waals surface area contributed by atoms with E-state index in [-0.39, 0.29) is 18.3 Å². The van der Waals surface area contributed by atoms with Gasteiger partial charge in [-0.05, 0) is 48.9 Å². The summed E-state index contributed by atoms with van der Waals surface area (Å²) in [6.45, 7) is 5.67. The summed E-state index contributed by atoms with van der Waals surface area (Å²) in [6.07, 6.45) is 3.33. The molecule has 132 valence electrons. The fourth-order valence-corrected chi connectivity index (χ4v) is 2.08. The van der Waals surface area contributed by atoms with Crippen LogP contribution in [0, 0.1) is 0 Å². The largest absolute Gasteiger partial charge is 0.457 e. The molecule has 7 heteroatoms. The first-order chi connectivity index (χ1) is 12.6. The number of benzene rings is 1. The lowest BCUT2D eigenvalue weighted by Gasteiger charge is -2.08. The zero-order valence-electron chi connectivity index (χ0n) is 14.2. The quantitative estimate of drug-likeness (QED) is 0.671. The molecule has 0 unspecified atom stereocenters. The first-order valence-electron chi connectivity index (χ1n) is 7.94. The molecular formula is C19H18N4O3. The third kappa shape index (κ3) is 4.70. The maximum atomic E-state index is 12.0. The first kappa shape index (κ1) is 17.2. The molecule has 0 atom stereocenters. The van der Waals surface area contributed by atoms with Gasteiger partial charge in [-0.3, -0.25) is 15.1 Å². The minimum absolute atomic E-state index is 0.0909. The van der Waals surface area contributed by atoms with E-state index in [0.29, 0.717) is 17.2 Å². The summed E-state index contributed by atoms with van der Waals surface area (Å²) in [4.78, 5) is 15.9. The summed E-state index contributed by atoms with van der Waals surface area (Å²) in [7, 11) is 0. The van der Waals surface area contributed by atoms with Gasteiger partial charge in [0.25, 0.3) is 0 Å². The van der Waals surface area contributed by atoms with Gasteiger partial charge >= 0.3 is 0 Å². The van der Waals surface area contributed by atoms with Gasteiger partial charge in [0.15, 0.2) is 0 Å². The maximum Gasteiger partial charge on any atom is 0.246 e. The predicted molar refractivity (Wildman–Crippen MR) is 99.1 cm³/mol. The van der Waals surface area contributed by atoms with Crippen LogP contribution in [0.2, 0.25) is 0 Å². The minimum Gasteiger partial charge on any atom is -0.457 e. The Labute approximate surface area is 150 Å². The number of nitrogens with zero attached hydrogens (tertiary/aromatic N) is 2. The highest BCUT2D eigenvalue weighted by molar-refractivity contribution is 5.92. The molecule has 7 nitrogen and oxygen atoms in total. The molecule has 0 aliphatic carbocycles. The number of ether oxygens (including phenoxy) is 1. The summed E-state index contributed by atoms with van der Waals surface area (Å²) < 4.78 is 10.7. The average molecular weight is 350 g/mol. The second-order valence-corrected chi connectivity index (χ2v) is 5.57. The molecule has 1 aromatic carbocycles. The number of anilines is 2. The lowest BCUT2D eigenvalue weighted by atomic mass is 10.2. The Kier molecular flexibility index (Phi) is 5.28. The fraction of sp³-hybridized carbons (Fsp3) is 0.105. The van der Waals surface area contributed by atoms with Gasteiger partial charge in [-0.15, -0.1) is 0 Å². The molecule has 0 spiro atoms. The molecule has 0 saturated heterocycles. The second kappa shape index (κ2) is 7.98. The Morgan fingerprint density at radius 2 is 1.85 bits per heavy atom. The van der Waals surface area contributed by atoms with Crippen molar-refractivity contribution < 1.29 is 14.1 Å². The van der Waals surface area contributed by atoms with Gasteiger partial charge in [-0.25, -0.2) is 0 Å². The number of hydrogen-bond acceptors (Lipinski definition) is 6. The van der Waals surface area contributed by atoms with E-state index in [0.717, 1.165) is 11.3 Å². The molecule has 0 bridgehead atoms. The van der Waals surface area contributed by atoms with Crippen LogP contribution in [0.3, 0.4) is 0 Å². The van der Waals surface area contributed by atoms with Crippen molar-refractivity contribution in [2.45, 2.75) is 6.92 Å². The molecule has 2 N–H and O–H groups in total. The van der Waals surface area contributed by atoms with E-state index in [1.165, 1.54) is 0 Å². The molecule has 26 heavy (non-hydrogen) atoms. The number of carbonyl (C=O) groups excluding carboxylic acids is 1. The number of carbonyl (C=O) groups is 1. The summed E-state index contributed by atoms with van der Waals surface area (Å²) >= 11 is 0. The van der Waals surface area contributed by atoms with E-state index >= 15 is 0 Å². The number of amides is 1. The molecule has 0 saturated carbocycles. The smallest absolute Gasteiger partial charge is 0.246 e. The highest BCUT2D eigenvalue weighted by Gasteiger charge is 2.08. The second-order valence-electron chi connectivity index (χ2n) is 5.57. The number of nitrogens with one attached hydrogen (secondary N) is 2. The Morgan fingerprint density at radius 1 is 1.15 bits per heavy atom. The van der Waals surface area contributed by atoms with Crippen LogP contribution < -0.4 is 15.4 Å². The molecule has 0 aliphatic heterocycles. The minimum atomic E-state index is -0.244. The summed E-state index contributed by atoms with van der Waals surface area (Å²) in [5.74, 6) is 1.45. The van der Waals surface area contributed by atoms with E-state index in [4.69, 9.17) is 9.26 Å². The van der Waals surface area contributed by atoms with E-state index in [9.17, 15) is 4.79 Å². The molecule has 0 radical (unpaired) electrons. The number of aromatic nitrogens is 2. The van der Waals surface area contributed by atoms with Crippen LogP contribution in [0.1, 0.15) is 12.6 Å². The fourth-order valence-electron chi connectivity index (χ4n) is 2.08. The lowest BCUT2D eigenvalue weighted by molar-refractivity contribution is -0.114. The van der Waals surface area contributed by atoms with Crippen molar-refractivity contribution in [2.24, 2.45) is 0 Å². The Hall–Kier alpha value is -3.61. The number of pyridine rings is 1. The molecule has 2 heterocycles. The van der Waals surface area contributed by atoms with E-state index in [1.807, 2.05) is 31.2 Å². The summed E-state index contributed by atoms with van der Waals surface area (Å²) in [5.41, 5.74) is 2.17. The van der Waals surface area contributed by atoms with Crippen molar-refractivity contribution in [3.63, 3.8) is 0 Å². The zero-order chi connectivity index (χ0) is 18.4. The van der Waals surface area contributed by atoms with Crippen LogP contribution in [0.25, 0.3) is 5.57 Å². The maximum absolute atomic E-state index is 12.0. The lowest BCUT2D eigenvalue weighted by Crippen LogP contribution is -2.21. The van der Waals surface area contributed by atoms with E-state index in [1.54, 1.807) is 30.6 Å². The van der Waals surface area contributed by atoms with Crippen molar-refractivity contribution in [3.05, 3.63) is 67.1 Å². The van der Waals surface area contributed by atoms with E-state index in [2.05, 4.69) is 27.4 Å². The highest BCUT2D eigenvalue weighted by atomic mass is 16.5. The Morgan fingerprint density at radius 3 is 2.50 bits per heavy atom. The predicted octanol–water partition coefficient (Wildman–Crippen LogP) is 3.95. The van der Waals surface area contributed by atoms with Gasteiger partial charge in [0.1, 0.15) is 17.2 Å². The molecular weight excluding hydrogens is 332 g/mol. The SMILES string of the molecule is C=C(C)c1cc(NC(=O)CNc2ccc(Oc3ccncc3)cc2)on1. The van der Waals surface area contributed by atoms with E-state index < -0.39 is 0 Å². The number of rotatable bonds is 7. The van der Waals surface area contributed by atoms with Gasteiger partial charge in [-0.1, -0.05) is 11.7 Å². The summed E-state index contributed by atoms with van der Waals surface area (Å²) in [6, 6.07) is 12.5. The highest BCUT2D eigenvalue weighted by Crippen LogP contribution is 2.22. The van der Waals surface area contributed by atoms with Gasteiger partial charge in [0.2, 0.25) is 11.8 Å². The molecule has 3 aromatic rings. The molecule has 0 aliphatic rings. The monoisotopic (exact) mass is 350 g/mol. The normalized spacial score (nSPS) is 10.2. The van der Waals surface area contributed by atoms with Crippen LogP contribution in [0.5, 0.6) is 11.5 Å². The van der Waals surface area contributed by atoms with Crippen LogP contribution in [0.15, 0.2) is 66.0 Å². The van der Waals surface area contributed by atoms with Crippen LogP contribution in [-0.2, 0) is 4.79 Å².